The monoisotopic (exact) mass is 741 g/mol. The van der Waals surface area contributed by atoms with Crippen molar-refractivity contribution in [2.45, 2.75) is 115 Å². The molecule has 1 heterocycles. The van der Waals surface area contributed by atoms with Gasteiger partial charge in [-0.15, -0.1) is 0 Å². The predicted molar refractivity (Wildman–Crippen MR) is 202 cm³/mol. The van der Waals surface area contributed by atoms with E-state index in [1.165, 1.54) is 11.3 Å². The van der Waals surface area contributed by atoms with Crippen LogP contribution in [0, 0.1) is 5.92 Å². The summed E-state index contributed by atoms with van der Waals surface area (Å²) in [6, 6.07) is 18.1. The van der Waals surface area contributed by atoms with Crippen LogP contribution in [0.4, 0.5) is 4.79 Å². The Morgan fingerprint density at radius 3 is 2.33 bits per heavy atom. The van der Waals surface area contributed by atoms with Crippen LogP contribution in [0.1, 0.15) is 89.2 Å². The van der Waals surface area contributed by atoms with Crippen LogP contribution in [-0.4, -0.2) is 90.4 Å². The second-order valence-corrected chi connectivity index (χ2v) is 16.1. The number of benzene rings is 2. The molecule has 288 valence electrons. The number of hydrogen-bond acceptors (Lipinski definition) is 9. The van der Waals surface area contributed by atoms with E-state index in [2.05, 4.69) is 15.4 Å². The minimum Gasteiger partial charge on any atom is -0.389 e. The quantitative estimate of drug-likeness (QED) is 0.115. The number of imide groups is 1. The van der Waals surface area contributed by atoms with Crippen molar-refractivity contribution in [1.29, 1.82) is 0 Å². The van der Waals surface area contributed by atoms with E-state index in [1.807, 2.05) is 79.4 Å². The minimum absolute atomic E-state index is 0.178. The summed E-state index contributed by atoms with van der Waals surface area (Å²) in [6.45, 7) is 5.00. The molecule has 52 heavy (non-hydrogen) atoms. The molecule has 1 unspecified atom stereocenters. The molecule has 1 fully saturated rings. The van der Waals surface area contributed by atoms with Gasteiger partial charge in [-0.3, -0.25) is 15.0 Å². The molecule has 1 aliphatic heterocycles. The van der Waals surface area contributed by atoms with Crippen molar-refractivity contribution in [1.82, 2.24) is 25.2 Å². The molecule has 0 saturated heterocycles. The van der Waals surface area contributed by atoms with Gasteiger partial charge in [0.2, 0.25) is 15.9 Å². The fraction of sp³-hybridized carbons (Fsp3) is 0.590. The lowest BCUT2D eigenvalue weighted by atomic mass is 9.83. The van der Waals surface area contributed by atoms with Gasteiger partial charge in [-0.05, 0) is 43.2 Å². The van der Waals surface area contributed by atoms with Gasteiger partial charge in [-0.2, -0.15) is 0 Å². The Bertz CT molecular complexity index is 1510. The molecule has 12 nitrogen and oxygen atoms in total. The van der Waals surface area contributed by atoms with Gasteiger partial charge < -0.3 is 25.2 Å². The zero-order valence-electron chi connectivity index (χ0n) is 30.8. The van der Waals surface area contributed by atoms with Gasteiger partial charge in [-0.1, -0.05) is 106 Å². The van der Waals surface area contributed by atoms with Gasteiger partial charge in [0.05, 0.1) is 24.6 Å². The number of aliphatic hydroxyl groups is 2. The first-order chi connectivity index (χ1) is 25.0. The number of sulfonamides is 1. The zero-order chi connectivity index (χ0) is 37.3. The molecular weight excluding hydrogens is 683 g/mol. The van der Waals surface area contributed by atoms with Crippen LogP contribution < -0.4 is 15.4 Å². The second-order valence-electron chi connectivity index (χ2n) is 14.3. The van der Waals surface area contributed by atoms with Crippen molar-refractivity contribution in [2.75, 3.05) is 25.7 Å². The van der Waals surface area contributed by atoms with E-state index < -0.39 is 40.1 Å². The van der Waals surface area contributed by atoms with Gasteiger partial charge >= 0.3 is 6.03 Å². The first-order valence-electron chi connectivity index (χ1n) is 18.8. The van der Waals surface area contributed by atoms with Crippen LogP contribution in [0.5, 0.6) is 0 Å². The van der Waals surface area contributed by atoms with E-state index >= 15 is 0 Å². The lowest BCUT2D eigenvalue weighted by molar-refractivity contribution is -0.120. The van der Waals surface area contributed by atoms with Crippen LogP contribution in [0.3, 0.4) is 0 Å². The maximum absolute atomic E-state index is 13.3. The van der Waals surface area contributed by atoms with Crippen LogP contribution in [0.25, 0.3) is 0 Å². The highest BCUT2D eigenvalue weighted by Gasteiger charge is 2.34. The summed E-state index contributed by atoms with van der Waals surface area (Å²) in [5, 5.41) is 28.4. The molecule has 5 N–H and O–H groups in total. The first-order valence-corrected chi connectivity index (χ1v) is 20.5. The van der Waals surface area contributed by atoms with Crippen molar-refractivity contribution in [2.24, 2.45) is 5.92 Å². The average molecular weight is 742 g/mol. The standard InChI is InChI=1S/C39H59N5O7S/c1-3-4-22-40-52(49,50)27-36(45)38(47)35(24-32-16-10-6-11-17-32)41-30(2)23-34-25-43(28-44(34)29-51-26-33-18-12-7-13-19-33)39(48)42-37(46)21-20-31-14-8-5-9-15-31/h5,7-9,12-15,18-19,25,30,32,35-36,38,40-41,45,47H,3-4,6,10-11,16-17,20-24,26-29H2,1-2H3,(H,42,46,48)/t30?,35-,36+,38+/m0/s1. The number of amides is 3. The smallest absolute Gasteiger partial charge is 0.329 e. The number of carbonyl (C=O) groups excluding carboxylic acids is 2. The Kier molecular flexibility index (Phi) is 17.0. The van der Waals surface area contributed by atoms with Crippen molar-refractivity contribution < 1.29 is 33.0 Å². The summed E-state index contributed by atoms with van der Waals surface area (Å²) in [6.07, 6.45) is 7.67. The minimum atomic E-state index is -3.77. The molecular formula is C39H59N5O7S. The number of urea groups is 1. The lowest BCUT2D eigenvalue weighted by Gasteiger charge is -2.34. The molecule has 0 bridgehead atoms. The molecule has 1 aliphatic carbocycles. The highest BCUT2D eigenvalue weighted by molar-refractivity contribution is 7.89. The van der Waals surface area contributed by atoms with Crippen molar-refractivity contribution in [3.63, 3.8) is 0 Å². The van der Waals surface area contributed by atoms with Crippen LogP contribution in [0.15, 0.2) is 72.6 Å². The Balaban J connectivity index is 1.42. The largest absolute Gasteiger partial charge is 0.389 e. The van der Waals surface area contributed by atoms with Gasteiger partial charge in [0, 0.05) is 43.4 Å². The molecule has 1 saturated carbocycles. The van der Waals surface area contributed by atoms with Crippen LogP contribution in [0.2, 0.25) is 0 Å². The molecule has 2 aromatic carbocycles. The highest BCUT2D eigenvalue weighted by atomic mass is 32.2. The number of unbranched alkanes of at least 4 members (excludes halogenated alkanes) is 1. The molecule has 4 atom stereocenters. The zero-order valence-corrected chi connectivity index (χ0v) is 31.6. The fourth-order valence-corrected chi connectivity index (χ4v) is 8.11. The second kappa shape index (κ2) is 21.4. The summed E-state index contributed by atoms with van der Waals surface area (Å²) in [5.41, 5.74) is 2.83. The van der Waals surface area contributed by atoms with E-state index in [-0.39, 0.29) is 31.8 Å². The number of hydrogen-bond donors (Lipinski definition) is 5. The summed E-state index contributed by atoms with van der Waals surface area (Å²) in [4.78, 5) is 29.3. The van der Waals surface area contributed by atoms with Crippen molar-refractivity contribution in [3.8, 4) is 0 Å². The Labute approximate surface area is 310 Å². The van der Waals surface area contributed by atoms with Crippen LogP contribution >= 0.6 is 0 Å². The molecule has 4 rings (SSSR count). The molecule has 13 heteroatoms. The summed E-state index contributed by atoms with van der Waals surface area (Å²) < 4.78 is 33.9. The van der Waals surface area contributed by atoms with E-state index in [4.69, 9.17) is 4.74 Å². The first kappa shape index (κ1) is 41.4. The maximum atomic E-state index is 13.3. The van der Waals surface area contributed by atoms with E-state index in [1.54, 1.807) is 6.20 Å². The molecule has 0 aromatic heterocycles. The van der Waals surface area contributed by atoms with Crippen molar-refractivity contribution in [3.05, 3.63) is 83.7 Å². The number of carbonyl (C=O) groups is 2. The molecule has 2 aliphatic rings. The Morgan fingerprint density at radius 2 is 1.65 bits per heavy atom. The maximum Gasteiger partial charge on any atom is 0.329 e. The lowest BCUT2D eigenvalue weighted by Crippen LogP contribution is -2.52. The molecule has 2 aromatic rings. The van der Waals surface area contributed by atoms with E-state index in [0.717, 1.165) is 48.9 Å². The third kappa shape index (κ3) is 14.2. The number of ether oxygens (including phenoxy) is 1. The predicted octanol–water partition coefficient (Wildman–Crippen LogP) is 4.59. The SMILES string of the molecule is CCCCNS(=O)(=O)C[C@@H](O)[C@H](O)[C@H](CC1CCCCC1)NC(C)CC1=CN(C(=O)NC(=O)CCc2ccccc2)CN1COCc1ccccc1. The van der Waals surface area contributed by atoms with Crippen LogP contribution in [-0.2, 0) is 32.6 Å². The third-order valence-corrected chi connectivity index (χ3v) is 11.2. The molecule has 3 amide bonds. The Hall–Kier alpha value is -3.33. The van der Waals surface area contributed by atoms with E-state index in [9.17, 15) is 28.2 Å². The molecule has 0 radical (unpaired) electrons. The summed E-state index contributed by atoms with van der Waals surface area (Å²) in [5.74, 6) is -0.592. The summed E-state index contributed by atoms with van der Waals surface area (Å²) >= 11 is 0. The fourth-order valence-electron chi connectivity index (χ4n) is 6.89. The van der Waals surface area contributed by atoms with Gasteiger partial charge in [-0.25, -0.2) is 17.9 Å². The molecule has 0 spiro atoms. The van der Waals surface area contributed by atoms with Gasteiger partial charge in [0.1, 0.15) is 13.4 Å². The normalized spacial score (nSPS) is 17.7. The highest BCUT2D eigenvalue weighted by Crippen LogP contribution is 2.29. The Morgan fingerprint density at radius 1 is 0.981 bits per heavy atom. The summed E-state index contributed by atoms with van der Waals surface area (Å²) in [7, 11) is -3.77. The average Bonchev–Trinajstić information content (AvgIpc) is 3.53. The number of nitrogens with one attached hydrogen (secondary N) is 3. The van der Waals surface area contributed by atoms with E-state index in [0.29, 0.717) is 44.8 Å². The van der Waals surface area contributed by atoms with Gasteiger partial charge in [0.25, 0.3) is 0 Å². The number of rotatable bonds is 21. The number of aliphatic hydroxyl groups excluding tert-OH is 2. The topological polar surface area (TPSA) is 161 Å². The van der Waals surface area contributed by atoms with Gasteiger partial charge in [0.15, 0.2) is 0 Å². The number of aryl methyl sites for hydroxylation is 1. The number of nitrogens with zero attached hydrogens (tertiary/aromatic N) is 2. The van der Waals surface area contributed by atoms with Crippen molar-refractivity contribution >= 4 is 22.0 Å². The third-order valence-electron chi connectivity index (χ3n) is 9.76.